The van der Waals surface area contributed by atoms with Gasteiger partial charge in [0.05, 0.1) is 5.75 Å². The van der Waals surface area contributed by atoms with Gasteiger partial charge in [0.2, 0.25) is 0 Å². The first kappa shape index (κ1) is 8.69. The van der Waals surface area contributed by atoms with Crippen molar-refractivity contribution in [1.29, 1.82) is 0 Å². The number of rotatable bonds is 0. The van der Waals surface area contributed by atoms with Gasteiger partial charge in [0.25, 0.3) is 0 Å². The molecule has 2 N–H and O–H groups in total. The Bertz CT molecular complexity index is 215. The van der Waals surface area contributed by atoms with Gasteiger partial charge in [-0.25, -0.2) is 11.5 Å². The number of nitrogens with zero attached hydrogens (tertiary/aromatic N) is 1. The Morgan fingerprint density at radius 2 is 2.20 bits per heavy atom. The number of nitrogens with two attached hydrogens (primary N) is 1. The Kier molecular flexibility index (Phi) is 2.54. The molecular formula is C4H9IN2O2S. The van der Waals surface area contributed by atoms with Crippen LogP contribution < -0.4 is 5.73 Å². The highest BCUT2D eigenvalue weighted by molar-refractivity contribution is 14.1. The number of halogens is 1. The number of hydrogen-bond acceptors (Lipinski definition) is 4. The molecule has 10 heavy (non-hydrogen) atoms. The Hall–Kier alpha value is 0.600. The van der Waals surface area contributed by atoms with Crippen molar-refractivity contribution in [3.05, 3.63) is 0 Å². The Morgan fingerprint density at radius 1 is 1.60 bits per heavy atom. The molecule has 0 amide bonds. The molecule has 1 aliphatic heterocycles. The fourth-order valence-electron chi connectivity index (χ4n) is 0.778. The molecule has 0 spiro atoms. The minimum Gasteiger partial charge on any atom is -0.314 e. The predicted molar refractivity (Wildman–Crippen MR) is 47.4 cm³/mol. The molecule has 60 valence electrons. The summed E-state index contributed by atoms with van der Waals surface area (Å²) in [6, 6.07) is 0. The lowest BCUT2D eigenvalue weighted by molar-refractivity contribution is 0.476. The van der Waals surface area contributed by atoms with Crippen molar-refractivity contribution in [2.45, 2.75) is 5.37 Å². The van der Waals surface area contributed by atoms with Gasteiger partial charge in [-0.1, -0.05) is 0 Å². The van der Waals surface area contributed by atoms with Crippen molar-refractivity contribution >= 4 is 32.7 Å². The van der Waals surface area contributed by atoms with Gasteiger partial charge in [0.1, 0.15) is 5.37 Å². The molecule has 1 saturated heterocycles. The molecule has 1 unspecified atom stereocenters. The van der Waals surface area contributed by atoms with Gasteiger partial charge in [-0.05, 0) is 0 Å². The fraction of sp³-hybridized carbons (Fsp3) is 1.00. The third-order valence-corrected chi connectivity index (χ3v) is 4.16. The quantitative estimate of drug-likeness (QED) is 0.472. The minimum atomic E-state index is -2.96. The molecule has 1 heterocycles. The fourth-order valence-corrected chi connectivity index (χ4v) is 3.22. The molecule has 0 aliphatic carbocycles. The average Bonchev–Trinajstić information content (AvgIpc) is 1.81. The van der Waals surface area contributed by atoms with Gasteiger partial charge in [0.15, 0.2) is 9.84 Å². The van der Waals surface area contributed by atoms with E-state index in [0.29, 0.717) is 13.1 Å². The van der Waals surface area contributed by atoms with Crippen LogP contribution in [0.5, 0.6) is 0 Å². The average molecular weight is 276 g/mol. The van der Waals surface area contributed by atoms with Crippen LogP contribution in [0.4, 0.5) is 0 Å². The summed E-state index contributed by atoms with van der Waals surface area (Å²) in [5, 5.41) is -0.682. The number of sulfone groups is 1. The van der Waals surface area contributed by atoms with Crippen LogP contribution in [-0.4, -0.2) is 35.7 Å². The smallest absolute Gasteiger partial charge is 0.168 e. The zero-order chi connectivity index (χ0) is 7.78. The van der Waals surface area contributed by atoms with E-state index in [2.05, 4.69) is 22.9 Å². The topological polar surface area (TPSA) is 63.4 Å². The number of hydrogen-bond donors (Lipinski definition) is 1. The second-order valence-electron chi connectivity index (χ2n) is 2.27. The van der Waals surface area contributed by atoms with Crippen LogP contribution in [-0.2, 0) is 9.84 Å². The summed E-state index contributed by atoms with van der Waals surface area (Å²) < 4.78 is 23.8. The van der Waals surface area contributed by atoms with Crippen molar-refractivity contribution in [1.82, 2.24) is 3.11 Å². The normalized spacial score (nSPS) is 34.0. The van der Waals surface area contributed by atoms with Gasteiger partial charge in [0, 0.05) is 36.0 Å². The first-order valence-electron chi connectivity index (χ1n) is 2.90. The van der Waals surface area contributed by atoms with Crippen LogP contribution in [0.1, 0.15) is 0 Å². The van der Waals surface area contributed by atoms with Gasteiger partial charge in [-0.2, -0.15) is 0 Å². The zero-order valence-corrected chi connectivity index (χ0v) is 8.30. The lowest BCUT2D eigenvalue weighted by atomic mass is 10.6. The molecule has 1 rings (SSSR count). The Morgan fingerprint density at radius 3 is 2.60 bits per heavy atom. The lowest BCUT2D eigenvalue weighted by Gasteiger charge is -2.24. The summed E-state index contributed by atoms with van der Waals surface area (Å²) in [4.78, 5) is 0. The SMILES string of the molecule is NC1CN(I)CCS1(=O)=O. The van der Waals surface area contributed by atoms with Crippen molar-refractivity contribution < 1.29 is 8.42 Å². The minimum absolute atomic E-state index is 0.192. The van der Waals surface area contributed by atoms with Crippen LogP contribution in [0.2, 0.25) is 0 Å². The first-order chi connectivity index (χ1) is 4.52. The lowest BCUT2D eigenvalue weighted by Crippen LogP contribution is -2.47. The molecule has 1 aliphatic rings. The molecule has 4 nitrogen and oxygen atoms in total. The van der Waals surface area contributed by atoms with Gasteiger partial charge in [-0.15, -0.1) is 0 Å². The monoisotopic (exact) mass is 276 g/mol. The zero-order valence-electron chi connectivity index (χ0n) is 5.33. The molecule has 0 aromatic rings. The van der Waals surface area contributed by atoms with Crippen molar-refractivity contribution in [3.8, 4) is 0 Å². The van der Waals surface area contributed by atoms with Gasteiger partial charge in [-0.3, -0.25) is 0 Å². The summed E-state index contributed by atoms with van der Waals surface area (Å²) >= 11 is 2.08. The van der Waals surface area contributed by atoms with Crippen molar-refractivity contribution in [2.75, 3.05) is 18.8 Å². The summed E-state index contributed by atoms with van der Waals surface area (Å²) in [5.74, 6) is 0.192. The summed E-state index contributed by atoms with van der Waals surface area (Å²) in [7, 11) is -2.96. The third kappa shape index (κ3) is 1.80. The summed E-state index contributed by atoms with van der Waals surface area (Å²) in [5.41, 5.74) is 5.37. The molecule has 0 bridgehead atoms. The maximum Gasteiger partial charge on any atom is 0.168 e. The largest absolute Gasteiger partial charge is 0.314 e. The summed E-state index contributed by atoms with van der Waals surface area (Å²) in [6.07, 6.45) is 0. The highest BCUT2D eigenvalue weighted by atomic mass is 127. The molecule has 1 atom stereocenters. The van der Waals surface area contributed by atoms with Crippen LogP contribution >= 0.6 is 22.9 Å². The molecule has 0 radical (unpaired) electrons. The van der Waals surface area contributed by atoms with E-state index in [1.54, 1.807) is 0 Å². The van der Waals surface area contributed by atoms with Crippen LogP contribution in [0, 0.1) is 0 Å². The molecule has 0 saturated carbocycles. The molecule has 1 fully saturated rings. The third-order valence-electron chi connectivity index (χ3n) is 1.46. The van der Waals surface area contributed by atoms with Crippen LogP contribution in [0.15, 0.2) is 0 Å². The molecule has 0 aromatic heterocycles. The van der Waals surface area contributed by atoms with Crippen LogP contribution in [0.25, 0.3) is 0 Å². The van der Waals surface area contributed by atoms with E-state index in [4.69, 9.17) is 5.73 Å². The first-order valence-corrected chi connectivity index (χ1v) is 5.58. The van der Waals surface area contributed by atoms with E-state index < -0.39 is 15.2 Å². The maximum absolute atomic E-state index is 11.0. The molecule has 6 heteroatoms. The van der Waals surface area contributed by atoms with E-state index >= 15 is 0 Å². The molecular weight excluding hydrogens is 267 g/mol. The van der Waals surface area contributed by atoms with E-state index in [9.17, 15) is 8.42 Å². The van der Waals surface area contributed by atoms with E-state index in [0.717, 1.165) is 0 Å². The molecule has 0 aromatic carbocycles. The standard InChI is InChI=1S/C4H9IN2O2S/c5-7-1-2-10(8,9)4(6)3-7/h4H,1-3,6H2. The van der Waals surface area contributed by atoms with E-state index in [1.165, 1.54) is 0 Å². The van der Waals surface area contributed by atoms with Crippen LogP contribution in [0.3, 0.4) is 0 Å². The Labute approximate surface area is 74.2 Å². The highest BCUT2D eigenvalue weighted by Crippen LogP contribution is 2.11. The maximum atomic E-state index is 11.0. The second-order valence-corrected chi connectivity index (χ2v) is 5.98. The summed E-state index contributed by atoms with van der Waals surface area (Å²) in [6.45, 7) is 1.04. The second kappa shape index (κ2) is 2.92. The van der Waals surface area contributed by atoms with Crippen molar-refractivity contribution in [3.63, 3.8) is 0 Å². The Balaban J connectivity index is 2.70. The van der Waals surface area contributed by atoms with Gasteiger partial charge >= 0.3 is 0 Å². The predicted octanol–water partition coefficient (Wildman–Crippen LogP) is -0.648. The van der Waals surface area contributed by atoms with Gasteiger partial charge < -0.3 is 5.73 Å². The van der Waals surface area contributed by atoms with E-state index in [1.807, 2.05) is 3.11 Å². The van der Waals surface area contributed by atoms with E-state index in [-0.39, 0.29) is 5.75 Å². The van der Waals surface area contributed by atoms with Crippen molar-refractivity contribution in [2.24, 2.45) is 5.73 Å². The highest BCUT2D eigenvalue weighted by Gasteiger charge is 2.28.